The van der Waals surface area contributed by atoms with Crippen molar-refractivity contribution < 1.29 is 22.3 Å². The maximum absolute atomic E-state index is 14.3. The molecule has 0 bridgehead atoms. The molecule has 1 amide bonds. The lowest BCUT2D eigenvalue weighted by Crippen LogP contribution is -2.48. The second-order valence-electron chi connectivity index (χ2n) is 7.40. The van der Waals surface area contributed by atoms with E-state index in [1.165, 1.54) is 16.6 Å². The number of hydrogen-bond donors (Lipinski definition) is 1. The average Bonchev–Trinajstić information content (AvgIpc) is 3.01. The van der Waals surface area contributed by atoms with Gasteiger partial charge >= 0.3 is 6.09 Å². The van der Waals surface area contributed by atoms with Crippen LogP contribution >= 0.6 is 0 Å². The van der Waals surface area contributed by atoms with Crippen molar-refractivity contribution in [1.82, 2.24) is 14.6 Å². The van der Waals surface area contributed by atoms with Crippen LogP contribution in [0.15, 0.2) is 35.5 Å². The lowest BCUT2D eigenvalue weighted by Gasteiger charge is -2.27. The Balaban J connectivity index is 1.94. The van der Waals surface area contributed by atoms with Gasteiger partial charge in [-0.05, 0) is 39.7 Å². The Labute approximate surface area is 157 Å². The van der Waals surface area contributed by atoms with E-state index in [4.69, 9.17) is 4.74 Å². The summed E-state index contributed by atoms with van der Waals surface area (Å²) in [6.45, 7) is 5.40. The van der Waals surface area contributed by atoms with Gasteiger partial charge in [0.1, 0.15) is 5.60 Å². The Hall–Kier alpha value is -2.26. The predicted octanol–water partition coefficient (Wildman–Crippen LogP) is 3.01. The molecule has 1 N–H and O–H groups in total. The Morgan fingerprint density at radius 3 is 2.78 bits per heavy atom. The van der Waals surface area contributed by atoms with Crippen molar-refractivity contribution in [2.45, 2.75) is 50.3 Å². The minimum atomic E-state index is -4.03. The number of halogens is 1. The normalized spacial score (nSPS) is 18.6. The summed E-state index contributed by atoms with van der Waals surface area (Å²) in [5, 5.41) is 2.99. The molecule has 0 radical (unpaired) electrons. The molecule has 9 heteroatoms. The summed E-state index contributed by atoms with van der Waals surface area (Å²) in [6.07, 6.45) is 1.99. The number of fused-ring (bicyclic) bond motifs is 1. The maximum Gasteiger partial charge on any atom is 0.408 e. The summed E-state index contributed by atoms with van der Waals surface area (Å²) < 4.78 is 47.2. The molecule has 146 valence electrons. The molecule has 0 aliphatic carbocycles. The SMILES string of the molecule is CC(C)(C)OC(=O)NC1CCCN1S(=O)(=O)c1cccc2cncc(F)c12. The van der Waals surface area contributed by atoms with Crippen LogP contribution in [0.25, 0.3) is 10.8 Å². The average molecular weight is 395 g/mol. The summed E-state index contributed by atoms with van der Waals surface area (Å²) in [7, 11) is -4.03. The highest BCUT2D eigenvalue weighted by Gasteiger charge is 2.38. The summed E-state index contributed by atoms with van der Waals surface area (Å²) in [4.78, 5) is 15.7. The number of alkyl carbamates (subject to hydrolysis) is 1. The molecule has 2 heterocycles. The number of benzene rings is 1. The van der Waals surface area contributed by atoms with Crippen LogP contribution in [-0.4, -0.2) is 42.1 Å². The fourth-order valence-corrected chi connectivity index (χ4v) is 4.95. The van der Waals surface area contributed by atoms with Gasteiger partial charge in [-0.3, -0.25) is 4.98 Å². The number of aromatic nitrogens is 1. The van der Waals surface area contributed by atoms with E-state index in [0.717, 1.165) is 6.20 Å². The highest BCUT2D eigenvalue weighted by molar-refractivity contribution is 7.89. The van der Waals surface area contributed by atoms with Crippen LogP contribution in [0, 0.1) is 5.82 Å². The monoisotopic (exact) mass is 395 g/mol. The topological polar surface area (TPSA) is 88.6 Å². The quantitative estimate of drug-likeness (QED) is 0.863. The van der Waals surface area contributed by atoms with Crippen LogP contribution in [0.2, 0.25) is 0 Å². The third-order valence-electron chi connectivity index (χ3n) is 4.17. The van der Waals surface area contributed by atoms with E-state index < -0.39 is 33.7 Å². The van der Waals surface area contributed by atoms with E-state index in [9.17, 15) is 17.6 Å². The molecule has 1 saturated heterocycles. The molecule has 1 aliphatic rings. The zero-order chi connectivity index (χ0) is 19.8. The van der Waals surface area contributed by atoms with Gasteiger partial charge in [0.05, 0.1) is 17.3 Å². The van der Waals surface area contributed by atoms with E-state index in [2.05, 4.69) is 10.3 Å². The first-order valence-corrected chi connectivity index (χ1v) is 10.1. The van der Waals surface area contributed by atoms with Crippen molar-refractivity contribution >= 4 is 26.9 Å². The molecule has 1 aliphatic heterocycles. The van der Waals surface area contributed by atoms with Gasteiger partial charge in [-0.1, -0.05) is 12.1 Å². The molecular weight excluding hydrogens is 373 g/mol. The number of carbonyl (C=O) groups is 1. The molecule has 2 aromatic rings. The number of hydrogen-bond acceptors (Lipinski definition) is 5. The van der Waals surface area contributed by atoms with Gasteiger partial charge in [0.15, 0.2) is 5.82 Å². The molecule has 1 atom stereocenters. The smallest absolute Gasteiger partial charge is 0.408 e. The molecule has 7 nitrogen and oxygen atoms in total. The number of sulfonamides is 1. The zero-order valence-corrected chi connectivity index (χ0v) is 16.2. The summed E-state index contributed by atoms with van der Waals surface area (Å²) in [5.41, 5.74) is -0.696. The van der Waals surface area contributed by atoms with E-state index >= 15 is 0 Å². The summed E-state index contributed by atoms with van der Waals surface area (Å²) >= 11 is 0. The minimum absolute atomic E-state index is 0.00424. The summed E-state index contributed by atoms with van der Waals surface area (Å²) in [6, 6.07) is 4.51. The molecule has 3 rings (SSSR count). The van der Waals surface area contributed by atoms with Gasteiger partial charge in [0.25, 0.3) is 0 Å². The lowest BCUT2D eigenvalue weighted by molar-refractivity contribution is 0.0480. The second kappa shape index (κ2) is 7.05. The third kappa shape index (κ3) is 4.03. The Kier molecular flexibility index (Phi) is 5.09. The van der Waals surface area contributed by atoms with Crippen LogP contribution in [0.5, 0.6) is 0 Å². The van der Waals surface area contributed by atoms with E-state index in [-0.39, 0.29) is 16.8 Å². The molecule has 1 aromatic carbocycles. The van der Waals surface area contributed by atoms with Crippen molar-refractivity contribution in [3.8, 4) is 0 Å². The predicted molar refractivity (Wildman–Crippen MR) is 98.0 cm³/mol. The van der Waals surface area contributed by atoms with Crippen LogP contribution in [0.1, 0.15) is 33.6 Å². The molecule has 0 spiro atoms. The van der Waals surface area contributed by atoms with Gasteiger partial charge < -0.3 is 10.1 Å². The fraction of sp³-hybridized carbons (Fsp3) is 0.444. The van der Waals surface area contributed by atoms with Crippen molar-refractivity contribution in [3.05, 3.63) is 36.4 Å². The first-order valence-electron chi connectivity index (χ1n) is 8.63. The standard InChI is InChI=1S/C18H22FN3O4S/c1-18(2,3)26-17(23)21-15-8-5-9-22(15)27(24,25)14-7-4-6-12-10-20-11-13(19)16(12)14/h4,6-7,10-11,15H,5,8-9H2,1-3H3,(H,21,23). The second-order valence-corrected chi connectivity index (χ2v) is 9.25. The highest BCUT2D eigenvalue weighted by atomic mass is 32.2. The number of carbonyl (C=O) groups excluding carboxylic acids is 1. The van der Waals surface area contributed by atoms with Crippen molar-refractivity contribution in [2.75, 3.05) is 6.54 Å². The van der Waals surface area contributed by atoms with Crippen LogP contribution in [0.3, 0.4) is 0 Å². The minimum Gasteiger partial charge on any atom is -0.444 e. The highest BCUT2D eigenvalue weighted by Crippen LogP contribution is 2.31. The molecule has 0 saturated carbocycles. The molecule has 1 fully saturated rings. The number of nitrogens with one attached hydrogen (secondary N) is 1. The Morgan fingerprint density at radius 2 is 2.07 bits per heavy atom. The van der Waals surface area contributed by atoms with E-state index in [1.54, 1.807) is 32.9 Å². The van der Waals surface area contributed by atoms with Gasteiger partial charge in [-0.2, -0.15) is 4.31 Å². The number of amides is 1. The van der Waals surface area contributed by atoms with E-state index in [0.29, 0.717) is 18.2 Å². The Bertz CT molecular complexity index is 967. The van der Waals surface area contributed by atoms with Crippen LogP contribution in [-0.2, 0) is 14.8 Å². The fourth-order valence-electron chi connectivity index (χ4n) is 3.12. The van der Waals surface area contributed by atoms with Crippen LogP contribution < -0.4 is 5.32 Å². The number of rotatable bonds is 3. The molecule has 27 heavy (non-hydrogen) atoms. The van der Waals surface area contributed by atoms with Crippen molar-refractivity contribution in [1.29, 1.82) is 0 Å². The number of pyridine rings is 1. The first-order chi connectivity index (χ1) is 12.6. The zero-order valence-electron chi connectivity index (χ0n) is 15.4. The van der Waals surface area contributed by atoms with Gasteiger partial charge in [-0.25, -0.2) is 17.6 Å². The van der Waals surface area contributed by atoms with Crippen molar-refractivity contribution in [2.24, 2.45) is 0 Å². The van der Waals surface area contributed by atoms with E-state index in [1.807, 2.05) is 0 Å². The Morgan fingerprint density at radius 1 is 1.33 bits per heavy atom. The molecule has 1 unspecified atom stereocenters. The largest absolute Gasteiger partial charge is 0.444 e. The number of ether oxygens (including phenoxy) is 1. The lowest BCUT2D eigenvalue weighted by atomic mass is 10.2. The number of nitrogens with zero attached hydrogens (tertiary/aromatic N) is 2. The third-order valence-corrected chi connectivity index (χ3v) is 6.12. The van der Waals surface area contributed by atoms with Gasteiger partial charge in [0, 0.05) is 23.5 Å². The molecular formula is C18H22FN3O4S. The van der Waals surface area contributed by atoms with Gasteiger partial charge in [0.2, 0.25) is 10.0 Å². The molecule has 1 aromatic heterocycles. The maximum atomic E-state index is 14.3. The first kappa shape index (κ1) is 19.5. The summed E-state index contributed by atoms with van der Waals surface area (Å²) in [5.74, 6) is -0.706. The van der Waals surface area contributed by atoms with Gasteiger partial charge in [-0.15, -0.1) is 0 Å². The van der Waals surface area contributed by atoms with Crippen molar-refractivity contribution in [3.63, 3.8) is 0 Å². The van der Waals surface area contributed by atoms with Crippen LogP contribution in [0.4, 0.5) is 9.18 Å².